The molecular formula is C13H11F3N4O. The highest BCUT2D eigenvalue weighted by Gasteiger charge is 2.31. The van der Waals surface area contributed by atoms with Crippen molar-refractivity contribution in [3.8, 4) is 12.1 Å². The van der Waals surface area contributed by atoms with E-state index in [0.29, 0.717) is 0 Å². The number of benzene rings is 1. The number of anilines is 1. The fourth-order valence-electron chi connectivity index (χ4n) is 1.46. The number of hydrogen-bond acceptors (Lipinski definition) is 4. The number of nitriles is 2. The van der Waals surface area contributed by atoms with E-state index in [4.69, 9.17) is 10.5 Å². The van der Waals surface area contributed by atoms with Crippen molar-refractivity contribution in [3.63, 3.8) is 0 Å². The molecular weight excluding hydrogens is 285 g/mol. The van der Waals surface area contributed by atoms with E-state index in [0.717, 1.165) is 18.2 Å². The predicted molar refractivity (Wildman–Crippen MR) is 67.9 cm³/mol. The van der Waals surface area contributed by atoms with E-state index in [1.54, 1.807) is 6.07 Å². The summed E-state index contributed by atoms with van der Waals surface area (Å²) in [5.41, 5.74) is -0.987. The molecule has 0 bridgehead atoms. The third-order valence-corrected chi connectivity index (χ3v) is 2.47. The van der Waals surface area contributed by atoms with Crippen LogP contribution in [0.4, 0.5) is 18.9 Å². The van der Waals surface area contributed by atoms with Gasteiger partial charge in [0.2, 0.25) is 5.91 Å². The molecule has 0 aliphatic rings. The number of alkyl halides is 3. The van der Waals surface area contributed by atoms with Crippen LogP contribution in [0, 0.1) is 22.7 Å². The molecule has 1 rings (SSSR count). The summed E-state index contributed by atoms with van der Waals surface area (Å²) in [6.45, 7) is -0.0133. The lowest BCUT2D eigenvalue weighted by atomic mass is 10.1. The summed E-state index contributed by atoms with van der Waals surface area (Å²) in [5, 5.41) is 22.2. The lowest BCUT2D eigenvalue weighted by Gasteiger charge is -2.11. The van der Waals surface area contributed by atoms with E-state index in [1.165, 1.54) is 0 Å². The average molecular weight is 296 g/mol. The molecule has 5 nitrogen and oxygen atoms in total. The SMILES string of the molecule is N#CCCNC(=O)CNc1ccc(C(F)(F)F)cc1C#N. The van der Waals surface area contributed by atoms with Crippen molar-refractivity contribution in [2.45, 2.75) is 12.6 Å². The largest absolute Gasteiger partial charge is 0.416 e. The Kier molecular flexibility index (Phi) is 5.56. The highest BCUT2D eigenvalue weighted by molar-refractivity contribution is 5.81. The van der Waals surface area contributed by atoms with Gasteiger partial charge in [-0.3, -0.25) is 4.79 Å². The summed E-state index contributed by atoms with van der Waals surface area (Å²) in [5.74, 6) is -0.422. The summed E-state index contributed by atoms with van der Waals surface area (Å²) in [4.78, 5) is 11.4. The second kappa shape index (κ2) is 7.15. The molecule has 1 aromatic rings. The van der Waals surface area contributed by atoms with E-state index in [2.05, 4.69) is 10.6 Å². The zero-order chi connectivity index (χ0) is 15.9. The first-order chi connectivity index (χ1) is 9.88. The molecule has 0 atom stereocenters. The number of carbonyl (C=O) groups excluding carboxylic acids is 1. The van der Waals surface area contributed by atoms with Gasteiger partial charge in [0, 0.05) is 6.54 Å². The van der Waals surface area contributed by atoms with Crippen molar-refractivity contribution in [2.24, 2.45) is 0 Å². The van der Waals surface area contributed by atoms with Gasteiger partial charge >= 0.3 is 6.18 Å². The van der Waals surface area contributed by atoms with Gasteiger partial charge in [0.1, 0.15) is 6.07 Å². The number of rotatable bonds is 5. The number of nitrogens with one attached hydrogen (secondary N) is 2. The molecule has 2 N–H and O–H groups in total. The maximum absolute atomic E-state index is 12.5. The van der Waals surface area contributed by atoms with Crippen molar-refractivity contribution in [3.05, 3.63) is 29.3 Å². The van der Waals surface area contributed by atoms with Crippen molar-refractivity contribution >= 4 is 11.6 Å². The minimum Gasteiger partial charge on any atom is -0.375 e. The van der Waals surface area contributed by atoms with Gasteiger partial charge in [0.25, 0.3) is 0 Å². The monoisotopic (exact) mass is 296 g/mol. The number of halogens is 3. The van der Waals surface area contributed by atoms with Crippen LogP contribution in [0.15, 0.2) is 18.2 Å². The Morgan fingerprint density at radius 1 is 1.29 bits per heavy atom. The molecule has 1 aromatic carbocycles. The van der Waals surface area contributed by atoms with Crippen LogP contribution in [-0.2, 0) is 11.0 Å². The van der Waals surface area contributed by atoms with Gasteiger partial charge in [-0.15, -0.1) is 0 Å². The Labute approximate surface area is 119 Å². The molecule has 0 radical (unpaired) electrons. The molecule has 8 heteroatoms. The molecule has 0 spiro atoms. The summed E-state index contributed by atoms with van der Waals surface area (Å²) < 4.78 is 37.5. The van der Waals surface area contributed by atoms with Crippen LogP contribution in [0.2, 0.25) is 0 Å². The predicted octanol–water partition coefficient (Wildman–Crippen LogP) is 2.02. The van der Waals surface area contributed by atoms with Crippen molar-refractivity contribution < 1.29 is 18.0 Å². The molecule has 0 saturated heterocycles. The second-order valence-electron chi connectivity index (χ2n) is 3.98. The summed E-state index contributed by atoms with van der Waals surface area (Å²) in [7, 11) is 0. The zero-order valence-electron chi connectivity index (χ0n) is 10.8. The zero-order valence-corrected chi connectivity index (χ0v) is 10.8. The van der Waals surface area contributed by atoms with Gasteiger partial charge in [-0.1, -0.05) is 0 Å². The Bertz CT molecular complexity index is 599. The quantitative estimate of drug-likeness (QED) is 0.814. The molecule has 110 valence electrons. The lowest BCUT2D eigenvalue weighted by Crippen LogP contribution is -2.30. The summed E-state index contributed by atoms with van der Waals surface area (Å²) in [6.07, 6.45) is -4.37. The van der Waals surface area contributed by atoms with E-state index in [9.17, 15) is 18.0 Å². The first-order valence-corrected chi connectivity index (χ1v) is 5.87. The van der Waals surface area contributed by atoms with Crippen LogP contribution >= 0.6 is 0 Å². The van der Waals surface area contributed by atoms with Crippen LogP contribution in [-0.4, -0.2) is 19.0 Å². The van der Waals surface area contributed by atoms with Crippen LogP contribution in [0.3, 0.4) is 0 Å². The van der Waals surface area contributed by atoms with E-state index in [-0.39, 0.29) is 30.8 Å². The van der Waals surface area contributed by atoms with Crippen LogP contribution < -0.4 is 10.6 Å². The normalized spacial score (nSPS) is 10.3. The number of hydrogen-bond donors (Lipinski definition) is 2. The number of amides is 1. The van der Waals surface area contributed by atoms with E-state index >= 15 is 0 Å². The standard InChI is InChI=1S/C13H11F3N4O/c14-13(15,16)10-2-3-11(9(6-10)7-18)20-8-12(21)19-5-1-4-17/h2-3,6,20H,1,5,8H2,(H,19,21). The van der Waals surface area contributed by atoms with Crippen LogP contribution in [0.25, 0.3) is 0 Å². The first kappa shape index (κ1) is 16.3. The maximum atomic E-state index is 12.5. The Morgan fingerprint density at radius 2 is 2.00 bits per heavy atom. The van der Waals surface area contributed by atoms with Crippen LogP contribution in [0.5, 0.6) is 0 Å². The minimum absolute atomic E-state index is 0.140. The molecule has 0 fully saturated rings. The van der Waals surface area contributed by atoms with Crippen LogP contribution in [0.1, 0.15) is 17.5 Å². The fourth-order valence-corrected chi connectivity index (χ4v) is 1.46. The molecule has 0 aromatic heterocycles. The van der Waals surface area contributed by atoms with Gasteiger partial charge in [-0.25, -0.2) is 0 Å². The third-order valence-electron chi connectivity index (χ3n) is 2.47. The highest BCUT2D eigenvalue weighted by atomic mass is 19.4. The Balaban J connectivity index is 2.70. The molecule has 1 amide bonds. The molecule has 0 unspecified atom stereocenters. The molecule has 0 aliphatic carbocycles. The van der Waals surface area contributed by atoms with Crippen molar-refractivity contribution in [1.29, 1.82) is 10.5 Å². The summed E-state index contributed by atoms with van der Waals surface area (Å²) in [6, 6.07) is 6.15. The average Bonchev–Trinajstić information content (AvgIpc) is 2.44. The van der Waals surface area contributed by atoms with Gasteiger partial charge in [-0.2, -0.15) is 23.7 Å². The van der Waals surface area contributed by atoms with Crippen molar-refractivity contribution in [2.75, 3.05) is 18.4 Å². The van der Waals surface area contributed by atoms with E-state index < -0.39 is 17.6 Å². The van der Waals surface area contributed by atoms with Crippen molar-refractivity contribution in [1.82, 2.24) is 5.32 Å². The van der Waals surface area contributed by atoms with Gasteiger partial charge in [0.15, 0.2) is 0 Å². The maximum Gasteiger partial charge on any atom is 0.416 e. The lowest BCUT2D eigenvalue weighted by molar-refractivity contribution is -0.137. The van der Waals surface area contributed by atoms with E-state index in [1.807, 2.05) is 6.07 Å². The molecule has 0 heterocycles. The smallest absolute Gasteiger partial charge is 0.375 e. The number of carbonyl (C=O) groups is 1. The topological polar surface area (TPSA) is 88.7 Å². The minimum atomic E-state index is -4.53. The third kappa shape index (κ3) is 5.03. The fraction of sp³-hybridized carbons (Fsp3) is 0.308. The Morgan fingerprint density at radius 3 is 2.57 bits per heavy atom. The first-order valence-electron chi connectivity index (χ1n) is 5.87. The molecule has 0 saturated carbocycles. The van der Waals surface area contributed by atoms with Gasteiger partial charge < -0.3 is 10.6 Å². The van der Waals surface area contributed by atoms with Gasteiger partial charge in [-0.05, 0) is 18.2 Å². The Hall–Kier alpha value is -2.74. The number of nitrogens with zero attached hydrogens (tertiary/aromatic N) is 2. The highest BCUT2D eigenvalue weighted by Crippen LogP contribution is 2.31. The second-order valence-corrected chi connectivity index (χ2v) is 3.98. The van der Waals surface area contributed by atoms with Gasteiger partial charge in [0.05, 0.1) is 35.8 Å². The molecule has 0 aliphatic heterocycles. The molecule has 21 heavy (non-hydrogen) atoms. The summed E-state index contributed by atoms with van der Waals surface area (Å²) >= 11 is 0.